The van der Waals surface area contributed by atoms with Gasteiger partial charge in [0.25, 0.3) is 0 Å². The Labute approximate surface area is 146 Å². The molecule has 2 aromatic rings. The SMILES string of the molecule is CCN(CC(=O)O)C1CC(NCc2nc(-c3ccccc3)cs2)C1. The van der Waals surface area contributed by atoms with Crippen LogP contribution in [0, 0.1) is 0 Å². The highest BCUT2D eigenvalue weighted by molar-refractivity contribution is 7.09. The van der Waals surface area contributed by atoms with Gasteiger partial charge in [-0.3, -0.25) is 9.69 Å². The number of carboxylic acids is 1. The predicted molar refractivity (Wildman–Crippen MR) is 96.1 cm³/mol. The quantitative estimate of drug-likeness (QED) is 0.770. The molecule has 1 aliphatic carbocycles. The number of carbonyl (C=O) groups is 1. The van der Waals surface area contributed by atoms with Crippen LogP contribution in [0.25, 0.3) is 11.3 Å². The molecule has 0 saturated heterocycles. The van der Waals surface area contributed by atoms with E-state index in [0.717, 1.165) is 42.2 Å². The summed E-state index contributed by atoms with van der Waals surface area (Å²) >= 11 is 1.68. The summed E-state index contributed by atoms with van der Waals surface area (Å²) in [6.07, 6.45) is 2.02. The Morgan fingerprint density at radius 2 is 2.12 bits per heavy atom. The van der Waals surface area contributed by atoms with Crippen molar-refractivity contribution in [2.45, 2.75) is 38.4 Å². The van der Waals surface area contributed by atoms with Crippen molar-refractivity contribution < 1.29 is 9.90 Å². The van der Waals surface area contributed by atoms with Gasteiger partial charge in [-0.2, -0.15) is 0 Å². The van der Waals surface area contributed by atoms with Crippen molar-refractivity contribution in [2.24, 2.45) is 0 Å². The fourth-order valence-corrected chi connectivity index (χ4v) is 3.84. The zero-order valence-electron chi connectivity index (χ0n) is 13.8. The van der Waals surface area contributed by atoms with Crippen LogP contribution in [-0.4, -0.2) is 46.1 Å². The number of rotatable bonds is 8. The summed E-state index contributed by atoms with van der Waals surface area (Å²) in [6, 6.07) is 11.1. The van der Waals surface area contributed by atoms with Crippen LogP contribution in [0.4, 0.5) is 0 Å². The smallest absolute Gasteiger partial charge is 0.317 e. The minimum Gasteiger partial charge on any atom is -0.480 e. The Morgan fingerprint density at radius 3 is 2.79 bits per heavy atom. The number of carboxylic acid groups (broad SMARTS) is 1. The number of nitrogens with one attached hydrogen (secondary N) is 1. The van der Waals surface area contributed by atoms with Crippen LogP contribution >= 0.6 is 11.3 Å². The summed E-state index contributed by atoms with van der Waals surface area (Å²) in [5.74, 6) is -0.746. The van der Waals surface area contributed by atoms with Gasteiger partial charge in [0.2, 0.25) is 0 Å². The van der Waals surface area contributed by atoms with Gasteiger partial charge in [0.05, 0.1) is 12.2 Å². The molecule has 1 aromatic heterocycles. The van der Waals surface area contributed by atoms with Crippen LogP contribution in [0.15, 0.2) is 35.7 Å². The van der Waals surface area contributed by atoms with Crippen LogP contribution in [-0.2, 0) is 11.3 Å². The highest BCUT2D eigenvalue weighted by Gasteiger charge is 2.33. The lowest BCUT2D eigenvalue weighted by Gasteiger charge is -2.42. The summed E-state index contributed by atoms with van der Waals surface area (Å²) in [6.45, 7) is 3.72. The number of aromatic nitrogens is 1. The normalized spacial score (nSPS) is 20.1. The molecule has 128 valence electrons. The molecule has 6 heteroatoms. The zero-order chi connectivity index (χ0) is 16.9. The molecule has 0 atom stereocenters. The molecular formula is C18H23N3O2S. The Hall–Kier alpha value is -1.76. The standard InChI is InChI=1S/C18H23N3O2S/c1-2-21(11-18(22)23)15-8-14(9-15)19-10-17-20-16(12-24-17)13-6-4-3-5-7-13/h3-7,12,14-15,19H,2,8-11H2,1H3,(H,22,23). The zero-order valence-corrected chi connectivity index (χ0v) is 14.6. The third kappa shape index (κ3) is 4.20. The minimum absolute atomic E-state index is 0.140. The predicted octanol–water partition coefficient (Wildman–Crippen LogP) is 2.84. The first-order valence-electron chi connectivity index (χ1n) is 8.34. The molecule has 0 radical (unpaired) electrons. The van der Waals surface area contributed by atoms with Crippen molar-refractivity contribution in [2.75, 3.05) is 13.1 Å². The average Bonchev–Trinajstić information content (AvgIpc) is 3.01. The van der Waals surface area contributed by atoms with Crippen molar-refractivity contribution in [3.8, 4) is 11.3 Å². The number of likely N-dealkylation sites (N-methyl/N-ethyl adjacent to an activating group) is 1. The molecule has 1 aromatic carbocycles. The molecule has 1 saturated carbocycles. The van der Waals surface area contributed by atoms with E-state index in [4.69, 9.17) is 5.11 Å². The molecule has 1 aliphatic rings. The first kappa shape index (κ1) is 17.1. The molecule has 3 rings (SSSR count). The van der Waals surface area contributed by atoms with Gasteiger partial charge < -0.3 is 10.4 Å². The Kier molecular flexibility index (Phi) is 5.60. The highest BCUT2D eigenvalue weighted by Crippen LogP contribution is 2.27. The topological polar surface area (TPSA) is 65.5 Å². The summed E-state index contributed by atoms with van der Waals surface area (Å²) < 4.78 is 0. The summed E-state index contributed by atoms with van der Waals surface area (Å²) in [4.78, 5) is 17.6. The number of nitrogens with zero attached hydrogens (tertiary/aromatic N) is 2. The Bertz CT molecular complexity index is 668. The molecular weight excluding hydrogens is 322 g/mol. The van der Waals surface area contributed by atoms with Crippen molar-refractivity contribution in [3.63, 3.8) is 0 Å². The van der Waals surface area contributed by atoms with E-state index >= 15 is 0 Å². The van der Waals surface area contributed by atoms with Crippen molar-refractivity contribution in [1.29, 1.82) is 0 Å². The summed E-state index contributed by atoms with van der Waals surface area (Å²) in [5, 5.41) is 15.7. The molecule has 0 amide bonds. The van der Waals surface area contributed by atoms with Crippen LogP contribution < -0.4 is 5.32 Å². The maximum absolute atomic E-state index is 10.9. The monoisotopic (exact) mass is 345 g/mol. The second-order valence-corrected chi connectivity index (χ2v) is 7.10. The molecule has 1 heterocycles. The third-order valence-electron chi connectivity index (χ3n) is 4.54. The van der Waals surface area contributed by atoms with Crippen LogP contribution in [0.3, 0.4) is 0 Å². The lowest BCUT2D eigenvalue weighted by Crippen LogP contribution is -2.53. The van der Waals surface area contributed by atoms with Gasteiger partial charge in [-0.1, -0.05) is 37.3 Å². The number of benzene rings is 1. The van der Waals surface area contributed by atoms with E-state index in [1.165, 1.54) is 0 Å². The van der Waals surface area contributed by atoms with Gasteiger partial charge in [-0.15, -0.1) is 11.3 Å². The number of thiazole rings is 1. The Balaban J connectivity index is 1.45. The van der Waals surface area contributed by atoms with Crippen LogP contribution in [0.2, 0.25) is 0 Å². The first-order valence-corrected chi connectivity index (χ1v) is 9.22. The fourth-order valence-electron chi connectivity index (χ4n) is 3.09. The van der Waals surface area contributed by atoms with Crippen molar-refractivity contribution >= 4 is 17.3 Å². The maximum atomic E-state index is 10.9. The highest BCUT2D eigenvalue weighted by atomic mass is 32.1. The van der Waals surface area contributed by atoms with E-state index in [1.54, 1.807) is 11.3 Å². The first-order chi connectivity index (χ1) is 11.7. The van der Waals surface area contributed by atoms with E-state index in [-0.39, 0.29) is 6.54 Å². The van der Waals surface area contributed by atoms with Crippen molar-refractivity contribution in [3.05, 3.63) is 40.7 Å². The minimum atomic E-state index is -0.746. The van der Waals surface area contributed by atoms with Gasteiger partial charge >= 0.3 is 5.97 Å². The second kappa shape index (κ2) is 7.88. The molecule has 0 bridgehead atoms. The Morgan fingerprint density at radius 1 is 1.38 bits per heavy atom. The van der Waals surface area contributed by atoms with E-state index in [2.05, 4.69) is 27.8 Å². The number of aliphatic carboxylic acids is 1. The van der Waals surface area contributed by atoms with Gasteiger partial charge in [0.1, 0.15) is 5.01 Å². The van der Waals surface area contributed by atoms with E-state index in [0.29, 0.717) is 12.1 Å². The second-order valence-electron chi connectivity index (χ2n) is 6.15. The van der Waals surface area contributed by atoms with E-state index in [1.807, 2.05) is 30.0 Å². The molecule has 0 spiro atoms. The molecule has 2 N–H and O–H groups in total. The largest absolute Gasteiger partial charge is 0.480 e. The van der Waals surface area contributed by atoms with Gasteiger partial charge in [-0.25, -0.2) is 4.98 Å². The maximum Gasteiger partial charge on any atom is 0.317 e. The van der Waals surface area contributed by atoms with Gasteiger partial charge in [0.15, 0.2) is 0 Å². The molecule has 24 heavy (non-hydrogen) atoms. The number of hydrogen-bond acceptors (Lipinski definition) is 5. The number of hydrogen-bond donors (Lipinski definition) is 2. The van der Waals surface area contributed by atoms with Crippen LogP contribution in [0.1, 0.15) is 24.8 Å². The molecule has 0 aliphatic heterocycles. The lowest BCUT2D eigenvalue weighted by molar-refractivity contribution is -0.139. The van der Waals surface area contributed by atoms with Gasteiger partial charge in [0, 0.05) is 29.6 Å². The molecule has 5 nitrogen and oxygen atoms in total. The fraction of sp³-hybridized carbons (Fsp3) is 0.444. The third-order valence-corrected chi connectivity index (χ3v) is 5.39. The lowest BCUT2D eigenvalue weighted by atomic mass is 9.85. The summed E-state index contributed by atoms with van der Waals surface area (Å²) in [7, 11) is 0. The van der Waals surface area contributed by atoms with E-state index in [9.17, 15) is 4.79 Å². The molecule has 0 unspecified atom stereocenters. The van der Waals surface area contributed by atoms with Gasteiger partial charge in [-0.05, 0) is 19.4 Å². The summed E-state index contributed by atoms with van der Waals surface area (Å²) in [5.41, 5.74) is 2.18. The van der Waals surface area contributed by atoms with Crippen LogP contribution in [0.5, 0.6) is 0 Å². The average molecular weight is 345 g/mol. The molecule has 1 fully saturated rings. The van der Waals surface area contributed by atoms with E-state index < -0.39 is 5.97 Å². The van der Waals surface area contributed by atoms with Crippen molar-refractivity contribution in [1.82, 2.24) is 15.2 Å².